The van der Waals surface area contributed by atoms with Gasteiger partial charge in [0.05, 0.1) is 20.3 Å². The van der Waals surface area contributed by atoms with Crippen LogP contribution < -0.4 is 14.8 Å². The molecule has 0 aliphatic carbocycles. The number of morpholine rings is 1. The van der Waals surface area contributed by atoms with Gasteiger partial charge in [0.25, 0.3) is 0 Å². The molecule has 1 atom stereocenters. The summed E-state index contributed by atoms with van der Waals surface area (Å²) in [5.74, 6) is 0.336. The molecule has 19 heavy (non-hydrogen) atoms. The van der Waals surface area contributed by atoms with Crippen molar-refractivity contribution in [3.63, 3.8) is 0 Å². The van der Waals surface area contributed by atoms with E-state index in [4.69, 9.17) is 9.47 Å². The van der Waals surface area contributed by atoms with Crippen molar-refractivity contribution in [3.8, 4) is 5.75 Å². The highest BCUT2D eigenvalue weighted by Crippen LogP contribution is 2.22. The van der Waals surface area contributed by atoms with Gasteiger partial charge in [0.2, 0.25) is 10.0 Å². The first-order valence-electron chi connectivity index (χ1n) is 6.07. The van der Waals surface area contributed by atoms with E-state index in [1.807, 2.05) is 0 Å². The van der Waals surface area contributed by atoms with Crippen LogP contribution in [0, 0.1) is 0 Å². The van der Waals surface area contributed by atoms with Crippen LogP contribution in [0.3, 0.4) is 0 Å². The van der Waals surface area contributed by atoms with Crippen molar-refractivity contribution < 1.29 is 17.9 Å². The van der Waals surface area contributed by atoms with Crippen LogP contribution >= 0.6 is 0 Å². The molecule has 0 aromatic heterocycles. The number of nitrogens with one attached hydrogen (secondary N) is 2. The zero-order chi connectivity index (χ0) is 13.7. The van der Waals surface area contributed by atoms with E-state index in [0.29, 0.717) is 25.5 Å². The summed E-state index contributed by atoms with van der Waals surface area (Å²) in [6.45, 7) is 2.20. The van der Waals surface area contributed by atoms with E-state index in [9.17, 15) is 8.42 Å². The normalized spacial score (nSPS) is 20.2. The third kappa shape index (κ3) is 3.66. The lowest BCUT2D eigenvalue weighted by atomic mass is 10.3. The van der Waals surface area contributed by atoms with Gasteiger partial charge in [0.15, 0.2) is 0 Å². The van der Waals surface area contributed by atoms with E-state index in [0.717, 1.165) is 6.54 Å². The average molecular weight is 286 g/mol. The van der Waals surface area contributed by atoms with Crippen molar-refractivity contribution in [1.29, 1.82) is 0 Å². The number of ether oxygens (including phenoxy) is 2. The van der Waals surface area contributed by atoms with Crippen LogP contribution in [0.1, 0.15) is 0 Å². The highest BCUT2D eigenvalue weighted by Gasteiger charge is 2.21. The Balaban J connectivity index is 2.05. The standard InChI is InChI=1S/C12H18N2O4S/c1-17-11-4-2-3-5-12(11)19(15,16)14-8-10-9-18-7-6-13-10/h2-5,10,13-14H,6-9H2,1H3. The molecule has 1 aromatic carbocycles. The molecule has 1 aromatic rings. The van der Waals surface area contributed by atoms with E-state index >= 15 is 0 Å². The van der Waals surface area contributed by atoms with Crippen molar-refractivity contribution >= 4 is 10.0 Å². The number of para-hydroxylation sites is 1. The van der Waals surface area contributed by atoms with Gasteiger partial charge in [-0.3, -0.25) is 0 Å². The third-order valence-electron chi connectivity index (χ3n) is 2.88. The van der Waals surface area contributed by atoms with Crippen LogP contribution in [0.5, 0.6) is 5.75 Å². The van der Waals surface area contributed by atoms with Crippen molar-refractivity contribution in [3.05, 3.63) is 24.3 Å². The van der Waals surface area contributed by atoms with Gasteiger partial charge in [0.1, 0.15) is 10.6 Å². The fourth-order valence-electron chi connectivity index (χ4n) is 1.88. The minimum atomic E-state index is -3.57. The van der Waals surface area contributed by atoms with E-state index in [1.165, 1.54) is 13.2 Å². The molecule has 2 rings (SSSR count). The van der Waals surface area contributed by atoms with Crippen molar-refractivity contribution in [2.45, 2.75) is 10.9 Å². The van der Waals surface area contributed by atoms with Crippen LogP contribution in [0.4, 0.5) is 0 Å². The molecule has 1 heterocycles. The van der Waals surface area contributed by atoms with Crippen LogP contribution in [0.25, 0.3) is 0 Å². The molecule has 0 spiro atoms. The Bertz CT molecular complexity index is 512. The Morgan fingerprint density at radius 3 is 2.95 bits per heavy atom. The van der Waals surface area contributed by atoms with Crippen LogP contribution in [-0.4, -0.2) is 47.9 Å². The Kier molecular flexibility index (Phi) is 4.76. The maximum absolute atomic E-state index is 12.2. The Hall–Kier alpha value is -1.15. The van der Waals surface area contributed by atoms with E-state index in [2.05, 4.69) is 10.0 Å². The third-order valence-corrected chi connectivity index (χ3v) is 4.34. The molecule has 1 aliphatic rings. The Morgan fingerprint density at radius 1 is 1.47 bits per heavy atom. The minimum absolute atomic E-state index is 0.00164. The second kappa shape index (κ2) is 6.33. The molecular formula is C12H18N2O4S. The summed E-state index contributed by atoms with van der Waals surface area (Å²) >= 11 is 0. The molecule has 0 saturated carbocycles. The van der Waals surface area contributed by atoms with Crippen molar-refractivity contribution in [2.24, 2.45) is 0 Å². The van der Waals surface area contributed by atoms with Gasteiger partial charge < -0.3 is 14.8 Å². The SMILES string of the molecule is COc1ccccc1S(=O)(=O)NCC1COCCN1. The summed E-state index contributed by atoms with van der Waals surface area (Å²) in [6.07, 6.45) is 0. The van der Waals surface area contributed by atoms with Crippen LogP contribution in [0.2, 0.25) is 0 Å². The predicted octanol–water partition coefficient (Wildman–Crippen LogP) is -0.0381. The Labute approximate surface area is 113 Å². The van der Waals surface area contributed by atoms with Gasteiger partial charge in [0, 0.05) is 19.1 Å². The first-order valence-corrected chi connectivity index (χ1v) is 7.55. The maximum atomic E-state index is 12.2. The summed E-state index contributed by atoms with van der Waals surface area (Å²) < 4.78 is 37.3. The highest BCUT2D eigenvalue weighted by atomic mass is 32.2. The molecular weight excluding hydrogens is 268 g/mol. The lowest BCUT2D eigenvalue weighted by molar-refractivity contribution is 0.0784. The van der Waals surface area contributed by atoms with Gasteiger partial charge in [-0.15, -0.1) is 0 Å². The topological polar surface area (TPSA) is 76.7 Å². The zero-order valence-corrected chi connectivity index (χ0v) is 11.6. The quantitative estimate of drug-likeness (QED) is 0.794. The number of hydrogen-bond acceptors (Lipinski definition) is 5. The fourth-order valence-corrected chi connectivity index (χ4v) is 3.13. The molecule has 6 nitrogen and oxygen atoms in total. The summed E-state index contributed by atoms with van der Waals surface area (Å²) in [7, 11) is -2.12. The molecule has 1 saturated heterocycles. The number of methoxy groups -OCH3 is 1. The second-order valence-corrected chi connectivity index (χ2v) is 5.96. The minimum Gasteiger partial charge on any atom is -0.495 e. The van der Waals surface area contributed by atoms with Crippen LogP contribution in [0.15, 0.2) is 29.2 Å². The molecule has 0 radical (unpaired) electrons. The smallest absolute Gasteiger partial charge is 0.244 e. The first-order chi connectivity index (χ1) is 9.13. The molecule has 2 N–H and O–H groups in total. The second-order valence-electron chi connectivity index (χ2n) is 4.23. The van der Waals surface area contributed by atoms with Gasteiger partial charge in [-0.1, -0.05) is 12.1 Å². The molecule has 7 heteroatoms. The van der Waals surface area contributed by atoms with Crippen LogP contribution in [-0.2, 0) is 14.8 Å². The van der Waals surface area contributed by atoms with Gasteiger partial charge in [-0.05, 0) is 12.1 Å². The largest absolute Gasteiger partial charge is 0.495 e. The van der Waals surface area contributed by atoms with Gasteiger partial charge in [-0.25, -0.2) is 13.1 Å². The lowest BCUT2D eigenvalue weighted by Gasteiger charge is -2.24. The number of rotatable bonds is 5. The molecule has 1 aliphatic heterocycles. The van der Waals surface area contributed by atoms with Crippen molar-refractivity contribution in [2.75, 3.05) is 33.4 Å². The fraction of sp³-hybridized carbons (Fsp3) is 0.500. The monoisotopic (exact) mass is 286 g/mol. The van der Waals surface area contributed by atoms with E-state index < -0.39 is 10.0 Å². The zero-order valence-electron chi connectivity index (χ0n) is 10.8. The number of benzene rings is 1. The first kappa shape index (κ1) is 14.3. The summed E-state index contributed by atoms with van der Waals surface area (Å²) in [6, 6.07) is 6.54. The predicted molar refractivity (Wildman–Crippen MR) is 70.8 cm³/mol. The van der Waals surface area contributed by atoms with E-state index in [1.54, 1.807) is 18.2 Å². The summed E-state index contributed by atoms with van der Waals surface area (Å²) in [5, 5.41) is 3.19. The number of hydrogen-bond donors (Lipinski definition) is 2. The van der Waals surface area contributed by atoms with E-state index in [-0.39, 0.29) is 10.9 Å². The maximum Gasteiger partial charge on any atom is 0.244 e. The molecule has 1 fully saturated rings. The highest BCUT2D eigenvalue weighted by molar-refractivity contribution is 7.89. The lowest BCUT2D eigenvalue weighted by Crippen LogP contribution is -2.48. The Morgan fingerprint density at radius 2 is 2.26 bits per heavy atom. The van der Waals surface area contributed by atoms with Gasteiger partial charge >= 0.3 is 0 Å². The molecule has 106 valence electrons. The van der Waals surface area contributed by atoms with Crippen molar-refractivity contribution in [1.82, 2.24) is 10.0 Å². The molecule has 1 unspecified atom stereocenters. The summed E-state index contributed by atoms with van der Waals surface area (Å²) in [5.41, 5.74) is 0. The number of sulfonamides is 1. The summed E-state index contributed by atoms with van der Waals surface area (Å²) in [4.78, 5) is 0.147. The molecule has 0 amide bonds. The van der Waals surface area contributed by atoms with Gasteiger partial charge in [-0.2, -0.15) is 0 Å². The average Bonchev–Trinajstić information content (AvgIpc) is 2.46. The molecule has 0 bridgehead atoms.